The van der Waals surface area contributed by atoms with Gasteiger partial charge in [0.05, 0.1) is 0 Å². The lowest BCUT2D eigenvalue weighted by atomic mass is 10.1. The predicted octanol–water partition coefficient (Wildman–Crippen LogP) is 2.99. The zero-order chi connectivity index (χ0) is 14.8. The molecule has 0 bridgehead atoms. The van der Waals surface area contributed by atoms with Crippen molar-refractivity contribution in [2.75, 3.05) is 19.0 Å². The van der Waals surface area contributed by atoms with Crippen molar-refractivity contribution >= 4 is 5.69 Å². The van der Waals surface area contributed by atoms with Crippen LogP contribution in [-0.2, 0) is 6.54 Å². The molecular weight excluding hydrogens is 258 g/mol. The van der Waals surface area contributed by atoms with Crippen LogP contribution in [0.5, 0.6) is 0 Å². The Balaban J connectivity index is 1.66. The van der Waals surface area contributed by atoms with Gasteiger partial charge >= 0.3 is 0 Å². The van der Waals surface area contributed by atoms with Crippen LogP contribution in [0.3, 0.4) is 0 Å². The highest BCUT2D eigenvalue weighted by molar-refractivity contribution is 5.46. The van der Waals surface area contributed by atoms with E-state index in [-0.39, 0.29) is 6.04 Å². The van der Waals surface area contributed by atoms with Gasteiger partial charge in [-0.3, -0.25) is 0 Å². The fourth-order valence-corrected chi connectivity index (χ4v) is 3.02. The number of anilines is 1. The van der Waals surface area contributed by atoms with Gasteiger partial charge in [-0.15, -0.1) is 0 Å². The smallest absolute Gasteiger partial charge is 0.0361 e. The summed E-state index contributed by atoms with van der Waals surface area (Å²) in [5.41, 5.74) is 11.4. The Morgan fingerprint density at radius 3 is 2.38 bits per heavy atom. The monoisotopic (exact) mass is 281 g/mol. The molecule has 1 aliphatic rings. The summed E-state index contributed by atoms with van der Waals surface area (Å²) >= 11 is 0. The van der Waals surface area contributed by atoms with E-state index in [9.17, 15) is 0 Å². The topological polar surface area (TPSA) is 41.3 Å². The number of benzene rings is 2. The second kappa shape index (κ2) is 5.88. The Bertz CT molecular complexity index is 604. The number of rotatable bonds is 4. The van der Waals surface area contributed by atoms with Crippen LogP contribution in [0.15, 0.2) is 48.5 Å². The van der Waals surface area contributed by atoms with Crippen molar-refractivity contribution in [2.45, 2.75) is 25.0 Å². The van der Waals surface area contributed by atoms with E-state index in [1.807, 2.05) is 0 Å². The van der Waals surface area contributed by atoms with Gasteiger partial charge in [-0.2, -0.15) is 0 Å². The number of hydrogen-bond acceptors (Lipinski definition) is 3. The lowest BCUT2D eigenvalue weighted by Crippen LogP contribution is -2.19. The van der Waals surface area contributed by atoms with Gasteiger partial charge in [-0.05, 0) is 35.2 Å². The van der Waals surface area contributed by atoms with Crippen LogP contribution in [0.4, 0.5) is 5.69 Å². The summed E-state index contributed by atoms with van der Waals surface area (Å²) in [4.78, 5) is 2.11. The average molecular weight is 281 g/mol. The van der Waals surface area contributed by atoms with Gasteiger partial charge in [0.25, 0.3) is 0 Å². The normalized spacial score (nSPS) is 20.3. The third-order valence-electron chi connectivity index (χ3n) is 4.27. The fraction of sp³-hybridized carbons (Fsp3) is 0.333. The summed E-state index contributed by atoms with van der Waals surface area (Å²) < 4.78 is 0. The molecule has 110 valence electrons. The van der Waals surface area contributed by atoms with Gasteiger partial charge in [0, 0.05) is 38.4 Å². The van der Waals surface area contributed by atoms with Crippen LogP contribution in [0.25, 0.3) is 0 Å². The molecule has 0 saturated carbocycles. The molecule has 3 N–H and O–H groups in total. The molecule has 0 amide bonds. The van der Waals surface area contributed by atoms with Crippen molar-refractivity contribution in [3.63, 3.8) is 0 Å². The van der Waals surface area contributed by atoms with Gasteiger partial charge < -0.3 is 16.0 Å². The summed E-state index contributed by atoms with van der Waals surface area (Å²) in [6, 6.07) is 17.7. The number of fused-ring (bicyclic) bond motifs is 1. The molecule has 0 spiro atoms. The van der Waals surface area contributed by atoms with E-state index in [2.05, 4.69) is 72.8 Å². The maximum absolute atomic E-state index is 6.21. The van der Waals surface area contributed by atoms with E-state index in [4.69, 9.17) is 5.73 Å². The molecule has 0 aliphatic heterocycles. The van der Waals surface area contributed by atoms with Gasteiger partial charge in [0.1, 0.15) is 0 Å². The van der Waals surface area contributed by atoms with Crippen LogP contribution in [0, 0.1) is 0 Å². The SMILES string of the molecule is CN(C)c1ccc(CNC2CC(N)c3ccccc32)cc1. The molecule has 1 aliphatic carbocycles. The Labute approximate surface area is 126 Å². The van der Waals surface area contributed by atoms with Crippen LogP contribution < -0.4 is 16.0 Å². The second-order valence-corrected chi connectivity index (χ2v) is 5.97. The lowest BCUT2D eigenvalue weighted by molar-refractivity contribution is 0.498. The Kier molecular flexibility index (Phi) is 3.95. The molecule has 2 aromatic carbocycles. The van der Waals surface area contributed by atoms with E-state index < -0.39 is 0 Å². The zero-order valence-corrected chi connectivity index (χ0v) is 12.7. The van der Waals surface area contributed by atoms with Crippen LogP contribution in [0.2, 0.25) is 0 Å². The lowest BCUT2D eigenvalue weighted by Gasteiger charge is -2.16. The Hall–Kier alpha value is -1.84. The molecule has 21 heavy (non-hydrogen) atoms. The maximum atomic E-state index is 6.21. The van der Waals surface area contributed by atoms with Crippen molar-refractivity contribution in [1.82, 2.24) is 5.32 Å². The Morgan fingerprint density at radius 1 is 1.05 bits per heavy atom. The number of nitrogens with zero attached hydrogens (tertiary/aromatic N) is 1. The quantitative estimate of drug-likeness (QED) is 0.905. The molecule has 0 saturated heterocycles. The molecule has 2 aromatic rings. The minimum absolute atomic E-state index is 0.162. The Morgan fingerprint density at radius 2 is 1.71 bits per heavy atom. The minimum atomic E-state index is 0.162. The summed E-state index contributed by atoms with van der Waals surface area (Å²) in [6.45, 7) is 0.874. The fourth-order valence-electron chi connectivity index (χ4n) is 3.02. The number of nitrogens with one attached hydrogen (secondary N) is 1. The third kappa shape index (κ3) is 2.94. The summed E-state index contributed by atoms with van der Waals surface area (Å²) in [5, 5.41) is 3.64. The third-order valence-corrected chi connectivity index (χ3v) is 4.27. The molecule has 2 unspecified atom stereocenters. The van der Waals surface area contributed by atoms with Crippen LogP contribution in [0.1, 0.15) is 35.2 Å². The van der Waals surface area contributed by atoms with E-state index >= 15 is 0 Å². The molecular formula is C18H23N3. The van der Waals surface area contributed by atoms with Crippen molar-refractivity contribution in [2.24, 2.45) is 5.73 Å². The van der Waals surface area contributed by atoms with Gasteiger partial charge in [-0.25, -0.2) is 0 Å². The first-order chi connectivity index (χ1) is 10.1. The molecule has 0 radical (unpaired) electrons. The molecule has 3 nitrogen and oxygen atoms in total. The van der Waals surface area contributed by atoms with Gasteiger partial charge in [0.15, 0.2) is 0 Å². The first-order valence-electron chi connectivity index (χ1n) is 7.49. The summed E-state index contributed by atoms with van der Waals surface area (Å²) in [5.74, 6) is 0. The number of hydrogen-bond donors (Lipinski definition) is 2. The predicted molar refractivity (Wildman–Crippen MR) is 88.3 cm³/mol. The standard InChI is InChI=1S/C18H23N3/c1-21(2)14-9-7-13(8-10-14)12-20-18-11-17(19)15-5-3-4-6-16(15)18/h3-10,17-18,20H,11-12,19H2,1-2H3. The van der Waals surface area contributed by atoms with Crippen LogP contribution in [-0.4, -0.2) is 14.1 Å². The van der Waals surface area contributed by atoms with Crippen molar-refractivity contribution < 1.29 is 0 Å². The second-order valence-electron chi connectivity index (χ2n) is 5.97. The van der Waals surface area contributed by atoms with E-state index in [1.54, 1.807) is 0 Å². The molecule has 3 heteroatoms. The molecule has 0 aromatic heterocycles. The molecule has 2 atom stereocenters. The highest BCUT2D eigenvalue weighted by Gasteiger charge is 2.27. The van der Waals surface area contributed by atoms with Crippen LogP contribution >= 0.6 is 0 Å². The largest absolute Gasteiger partial charge is 0.378 e. The highest BCUT2D eigenvalue weighted by atomic mass is 15.1. The average Bonchev–Trinajstić information content (AvgIpc) is 2.83. The summed E-state index contributed by atoms with van der Waals surface area (Å²) in [7, 11) is 4.12. The van der Waals surface area contributed by atoms with Crippen molar-refractivity contribution in [3.8, 4) is 0 Å². The van der Waals surface area contributed by atoms with E-state index in [1.165, 1.54) is 22.4 Å². The van der Waals surface area contributed by atoms with E-state index in [0.29, 0.717) is 6.04 Å². The first kappa shape index (κ1) is 14.1. The summed E-state index contributed by atoms with van der Waals surface area (Å²) in [6.07, 6.45) is 0.981. The zero-order valence-electron chi connectivity index (χ0n) is 12.7. The molecule has 3 rings (SSSR count). The van der Waals surface area contributed by atoms with Crippen molar-refractivity contribution in [3.05, 3.63) is 65.2 Å². The highest BCUT2D eigenvalue weighted by Crippen LogP contribution is 2.37. The van der Waals surface area contributed by atoms with Gasteiger partial charge in [-0.1, -0.05) is 36.4 Å². The van der Waals surface area contributed by atoms with Gasteiger partial charge in [0.2, 0.25) is 0 Å². The van der Waals surface area contributed by atoms with E-state index in [0.717, 1.165) is 13.0 Å². The maximum Gasteiger partial charge on any atom is 0.0361 e. The molecule has 0 heterocycles. The minimum Gasteiger partial charge on any atom is -0.378 e. The van der Waals surface area contributed by atoms with Crippen molar-refractivity contribution in [1.29, 1.82) is 0 Å². The number of nitrogens with two attached hydrogens (primary N) is 1. The molecule has 0 fully saturated rings. The first-order valence-corrected chi connectivity index (χ1v) is 7.49.